The van der Waals surface area contributed by atoms with Crippen LogP contribution in [0, 0.1) is 0 Å². The van der Waals surface area contributed by atoms with Crippen molar-refractivity contribution in [1.29, 1.82) is 0 Å². The van der Waals surface area contributed by atoms with Gasteiger partial charge in [0.1, 0.15) is 5.75 Å². The van der Waals surface area contributed by atoms with Crippen LogP contribution in [0.5, 0.6) is 5.75 Å². The highest BCUT2D eigenvalue weighted by Crippen LogP contribution is 2.15. The molecule has 0 radical (unpaired) electrons. The molecule has 112 valence electrons. The molecule has 1 rings (SSSR count). The summed E-state index contributed by atoms with van der Waals surface area (Å²) in [5, 5.41) is 11.4. The number of ether oxygens (including phenoxy) is 1. The van der Waals surface area contributed by atoms with Gasteiger partial charge in [0.25, 0.3) is 0 Å². The Bertz CT molecular complexity index is 527. The van der Waals surface area contributed by atoms with Crippen LogP contribution in [0.2, 0.25) is 0 Å². The number of benzene rings is 1. The van der Waals surface area contributed by atoms with E-state index in [4.69, 9.17) is 9.84 Å². The van der Waals surface area contributed by atoms with Crippen LogP contribution in [-0.4, -0.2) is 46.2 Å². The van der Waals surface area contributed by atoms with E-state index in [0.29, 0.717) is 18.7 Å². The van der Waals surface area contributed by atoms with Crippen molar-refractivity contribution < 1.29 is 23.1 Å². The van der Waals surface area contributed by atoms with Gasteiger partial charge in [-0.3, -0.25) is 0 Å². The average Bonchev–Trinajstić information content (AvgIpc) is 2.42. The van der Waals surface area contributed by atoms with Gasteiger partial charge in [-0.05, 0) is 44.3 Å². The Balaban J connectivity index is 2.60. The van der Waals surface area contributed by atoms with Crippen LogP contribution >= 0.6 is 0 Å². The van der Waals surface area contributed by atoms with Crippen molar-refractivity contribution in [2.24, 2.45) is 0 Å². The number of aliphatic carboxylic acids is 1. The molecule has 0 amide bonds. The van der Waals surface area contributed by atoms with Crippen LogP contribution in [0.1, 0.15) is 6.42 Å². The minimum Gasteiger partial charge on any atom is -0.482 e. The number of carbonyl (C=O) groups is 1. The molecule has 1 aromatic carbocycles. The molecule has 0 aliphatic heterocycles. The lowest BCUT2D eigenvalue weighted by atomic mass is 10.3. The number of nitrogens with one attached hydrogen (secondary N) is 2. The smallest absolute Gasteiger partial charge is 0.341 e. The first-order valence-corrected chi connectivity index (χ1v) is 7.53. The zero-order valence-electron chi connectivity index (χ0n) is 11.1. The number of hydrogen-bond donors (Lipinski definition) is 3. The molecular weight excluding hydrogens is 284 g/mol. The van der Waals surface area contributed by atoms with E-state index >= 15 is 0 Å². The van der Waals surface area contributed by atoms with Crippen molar-refractivity contribution >= 4 is 16.0 Å². The van der Waals surface area contributed by atoms with Crippen LogP contribution in [0.3, 0.4) is 0 Å². The summed E-state index contributed by atoms with van der Waals surface area (Å²) in [6.07, 6.45) is 0.690. The molecule has 0 aromatic heterocycles. The summed E-state index contributed by atoms with van der Waals surface area (Å²) in [5.74, 6) is -0.783. The molecule has 0 heterocycles. The Morgan fingerprint density at radius 2 is 1.90 bits per heavy atom. The normalized spacial score (nSPS) is 11.2. The third-order valence-electron chi connectivity index (χ3n) is 2.39. The van der Waals surface area contributed by atoms with Gasteiger partial charge in [-0.25, -0.2) is 17.9 Å². The Morgan fingerprint density at radius 3 is 2.45 bits per heavy atom. The standard InChI is InChI=1S/C12H18N2O5S/c1-13-7-2-8-14-20(17,18)11-5-3-10(4-6-11)19-9-12(15)16/h3-6,13-14H,2,7-9H2,1H3,(H,15,16). The van der Waals surface area contributed by atoms with E-state index in [2.05, 4.69) is 10.0 Å². The van der Waals surface area contributed by atoms with Gasteiger partial charge in [-0.15, -0.1) is 0 Å². The fourth-order valence-corrected chi connectivity index (χ4v) is 2.49. The highest BCUT2D eigenvalue weighted by Gasteiger charge is 2.13. The molecule has 0 saturated heterocycles. The molecule has 0 fully saturated rings. The summed E-state index contributed by atoms with van der Waals surface area (Å²) in [6.45, 7) is 0.610. The van der Waals surface area contributed by atoms with Gasteiger partial charge in [0, 0.05) is 6.54 Å². The molecule has 20 heavy (non-hydrogen) atoms. The van der Waals surface area contributed by atoms with Gasteiger partial charge >= 0.3 is 5.97 Å². The highest BCUT2D eigenvalue weighted by atomic mass is 32.2. The Kier molecular flexibility index (Phi) is 6.43. The summed E-state index contributed by atoms with van der Waals surface area (Å²) < 4.78 is 31.2. The van der Waals surface area contributed by atoms with Crippen molar-refractivity contribution in [2.45, 2.75) is 11.3 Å². The van der Waals surface area contributed by atoms with Crippen molar-refractivity contribution in [3.8, 4) is 5.75 Å². The van der Waals surface area contributed by atoms with Crippen LogP contribution in [-0.2, 0) is 14.8 Å². The quantitative estimate of drug-likeness (QED) is 0.556. The van der Waals surface area contributed by atoms with Gasteiger partial charge < -0.3 is 15.2 Å². The number of carboxylic acids is 1. The zero-order valence-corrected chi connectivity index (χ0v) is 11.9. The third-order valence-corrected chi connectivity index (χ3v) is 3.87. The predicted molar refractivity (Wildman–Crippen MR) is 73.3 cm³/mol. The first-order chi connectivity index (χ1) is 9.45. The second kappa shape index (κ2) is 7.83. The SMILES string of the molecule is CNCCCNS(=O)(=O)c1ccc(OCC(=O)O)cc1. The first-order valence-electron chi connectivity index (χ1n) is 6.04. The van der Waals surface area contributed by atoms with E-state index in [9.17, 15) is 13.2 Å². The maximum absolute atomic E-state index is 11.9. The molecule has 0 bridgehead atoms. The Hall–Kier alpha value is -1.64. The maximum Gasteiger partial charge on any atom is 0.341 e. The maximum atomic E-state index is 11.9. The second-order valence-electron chi connectivity index (χ2n) is 4.01. The zero-order chi connectivity index (χ0) is 15.0. The van der Waals surface area contributed by atoms with E-state index in [1.54, 1.807) is 7.05 Å². The minimum atomic E-state index is -3.54. The van der Waals surface area contributed by atoms with Crippen molar-refractivity contribution in [2.75, 3.05) is 26.7 Å². The molecule has 3 N–H and O–H groups in total. The van der Waals surface area contributed by atoms with E-state index in [1.165, 1.54) is 24.3 Å². The largest absolute Gasteiger partial charge is 0.482 e. The van der Waals surface area contributed by atoms with E-state index in [1.807, 2.05) is 0 Å². The minimum absolute atomic E-state index is 0.115. The summed E-state index contributed by atoms with van der Waals surface area (Å²) in [6, 6.07) is 5.59. The lowest BCUT2D eigenvalue weighted by Gasteiger charge is -2.08. The number of hydrogen-bond acceptors (Lipinski definition) is 5. The van der Waals surface area contributed by atoms with Crippen LogP contribution in [0.25, 0.3) is 0 Å². The van der Waals surface area contributed by atoms with Gasteiger partial charge in [-0.2, -0.15) is 0 Å². The van der Waals surface area contributed by atoms with Gasteiger partial charge in [0.05, 0.1) is 4.90 Å². The number of carboxylic acid groups (broad SMARTS) is 1. The lowest BCUT2D eigenvalue weighted by Crippen LogP contribution is -2.26. The van der Waals surface area contributed by atoms with Crippen molar-refractivity contribution in [3.63, 3.8) is 0 Å². The molecule has 0 saturated carbocycles. The molecule has 0 aliphatic carbocycles. The van der Waals surface area contributed by atoms with Gasteiger partial charge in [0.15, 0.2) is 6.61 Å². The average molecular weight is 302 g/mol. The molecular formula is C12H18N2O5S. The van der Waals surface area contributed by atoms with Gasteiger partial charge in [-0.1, -0.05) is 0 Å². The number of sulfonamides is 1. The summed E-state index contributed by atoms with van der Waals surface area (Å²) in [5.41, 5.74) is 0. The topological polar surface area (TPSA) is 105 Å². The number of rotatable bonds is 9. The summed E-state index contributed by atoms with van der Waals surface area (Å²) in [7, 11) is -1.74. The fourth-order valence-electron chi connectivity index (χ4n) is 1.42. The van der Waals surface area contributed by atoms with E-state index in [-0.39, 0.29) is 4.90 Å². The summed E-state index contributed by atoms with van der Waals surface area (Å²) in [4.78, 5) is 10.4. The van der Waals surface area contributed by atoms with Crippen molar-refractivity contribution in [3.05, 3.63) is 24.3 Å². The molecule has 8 heteroatoms. The first kappa shape index (κ1) is 16.4. The van der Waals surface area contributed by atoms with E-state index < -0.39 is 22.6 Å². The highest BCUT2D eigenvalue weighted by molar-refractivity contribution is 7.89. The van der Waals surface area contributed by atoms with Crippen LogP contribution < -0.4 is 14.8 Å². The fraction of sp³-hybridized carbons (Fsp3) is 0.417. The van der Waals surface area contributed by atoms with Crippen LogP contribution in [0.15, 0.2) is 29.2 Å². The molecule has 7 nitrogen and oxygen atoms in total. The lowest BCUT2D eigenvalue weighted by molar-refractivity contribution is -0.139. The molecule has 1 aromatic rings. The molecule has 0 atom stereocenters. The molecule has 0 aliphatic rings. The van der Waals surface area contributed by atoms with Gasteiger partial charge in [0.2, 0.25) is 10.0 Å². The van der Waals surface area contributed by atoms with Crippen molar-refractivity contribution in [1.82, 2.24) is 10.0 Å². The molecule has 0 spiro atoms. The van der Waals surface area contributed by atoms with Crippen LogP contribution in [0.4, 0.5) is 0 Å². The summed E-state index contributed by atoms with van der Waals surface area (Å²) >= 11 is 0. The third kappa shape index (κ3) is 5.55. The predicted octanol–water partition coefficient (Wildman–Crippen LogP) is 0.0378. The Labute approximate surface area is 118 Å². The monoisotopic (exact) mass is 302 g/mol. The molecule has 0 unspecified atom stereocenters. The Morgan fingerprint density at radius 1 is 1.25 bits per heavy atom. The van der Waals surface area contributed by atoms with E-state index in [0.717, 1.165) is 6.54 Å². The second-order valence-corrected chi connectivity index (χ2v) is 5.78.